The van der Waals surface area contributed by atoms with Gasteiger partial charge < -0.3 is 10.3 Å². The van der Waals surface area contributed by atoms with Crippen LogP contribution in [-0.2, 0) is 19.6 Å². The molecule has 5 heteroatoms. The number of fused-ring (bicyclic) bond motifs is 1. The van der Waals surface area contributed by atoms with Gasteiger partial charge in [0.1, 0.15) is 5.82 Å². The van der Waals surface area contributed by atoms with Gasteiger partial charge in [0, 0.05) is 48.3 Å². The molecule has 1 aliphatic rings. The van der Waals surface area contributed by atoms with Crippen molar-refractivity contribution in [3.05, 3.63) is 47.0 Å². The second-order valence-electron chi connectivity index (χ2n) is 4.56. The molecule has 18 heavy (non-hydrogen) atoms. The van der Waals surface area contributed by atoms with E-state index < -0.39 is 0 Å². The lowest BCUT2D eigenvalue weighted by atomic mass is 10.1. The molecule has 3 rings (SSSR count). The van der Waals surface area contributed by atoms with Crippen LogP contribution in [0.4, 0.5) is 5.69 Å². The van der Waals surface area contributed by atoms with Crippen molar-refractivity contribution in [2.75, 3.05) is 12.3 Å². The fourth-order valence-corrected chi connectivity index (χ4v) is 2.57. The van der Waals surface area contributed by atoms with Crippen LogP contribution in [0.15, 0.2) is 30.6 Å². The summed E-state index contributed by atoms with van der Waals surface area (Å²) >= 11 is 6.20. The number of hydrogen-bond donors (Lipinski definition) is 1. The number of nitrogens with zero attached hydrogens (tertiary/aromatic N) is 3. The molecular formula is C13H15ClN4. The molecule has 2 N–H and O–H groups in total. The number of hydrogen-bond acceptors (Lipinski definition) is 3. The number of rotatable bonds is 2. The Kier molecular flexibility index (Phi) is 2.97. The fraction of sp³-hybridized carbons (Fsp3) is 0.308. The van der Waals surface area contributed by atoms with Gasteiger partial charge in [-0.3, -0.25) is 4.90 Å². The highest BCUT2D eigenvalue weighted by Crippen LogP contribution is 2.25. The van der Waals surface area contributed by atoms with Crippen molar-refractivity contribution < 1.29 is 0 Å². The maximum atomic E-state index is 6.20. The van der Waals surface area contributed by atoms with Crippen LogP contribution in [0.2, 0.25) is 5.02 Å². The summed E-state index contributed by atoms with van der Waals surface area (Å²) < 4.78 is 2.19. The Bertz CT molecular complexity index is 544. The minimum absolute atomic E-state index is 0.740. The van der Waals surface area contributed by atoms with Gasteiger partial charge in [-0.15, -0.1) is 0 Å². The molecule has 0 saturated heterocycles. The van der Waals surface area contributed by atoms with Gasteiger partial charge >= 0.3 is 0 Å². The zero-order valence-corrected chi connectivity index (χ0v) is 10.8. The molecule has 0 unspecified atom stereocenters. The Morgan fingerprint density at radius 3 is 3.06 bits per heavy atom. The summed E-state index contributed by atoms with van der Waals surface area (Å²) in [5, 5.41) is 0.740. The van der Waals surface area contributed by atoms with Gasteiger partial charge in [-0.25, -0.2) is 4.98 Å². The highest BCUT2D eigenvalue weighted by molar-refractivity contribution is 6.31. The average Bonchev–Trinajstić information content (AvgIpc) is 2.81. The second-order valence-corrected chi connectivity index (χ2v) is 4.96. The first-order valence-electron chi connectivity index (χ1n) is 5.99. The van der Waals surface area contributed by atoms with E-state index in [1.54, 1.807) is 0 Å². The zero-order chi connectivity index (χ0) is 12.5. The van der Waals surface area contributed by atoms with Crippen molar-refractivity contribution in [1.82, 2.24) is 14.5 Å². The van der Waals surface area contributed by atoms with Crippen LogP contribution >= 0.6 is 11.6 Å². The minimum Gasteiger partial charge on any atom is -0.398 e. The van der Waals surface area contributed by atoms with Gasteiger partial charge in [-0.2, -0.15) is 0 Å². The van der Waals surface area contributed by atoms with Crippen LogP contribution in [-0.4, -0.2) is 21.0 Å². The molecule has 0 bridgehead atoms. The molecule has 94 valence electrons. The highest BCUT2D eigenvalue weighted by Gasteiger charge is 2.18. The molecule has 0 atom stereocenters. The number of nitrogen functional groups attached to an aromatic ring is 1. The van der Waals surface area contributed by atoms with Crippen molar-refractivity contribution in [2.24, 2.45) is 0 Å². The molecule has 2 aromatic rings. The first kappa shape index (κ1) is 11.6. The van der Waals surface area contributed by atoms with E-state index in [-0.39, 0.29) is 0 Å². The molecule has 0 amide bonds. The largest absolute Gasteiger partial charge is 0.398 e. The van der Waals surface area contributed by atoms with Gasteiger partial charge in [-0.05, 0) is 12.1 Å². The van der Waals surface area contributed by atoms with E-state index in [1.165, 1.54) is 0 Å². The van der Waals surface area contributed by atoms with Crippen LogP contribution in [0.1, 0.15) is 11.4 Å². The van der Waals surface area contributed by atoms with E-state index in [4.69, 9.17) is 17.3 Å². The van der Waals surface area contributed by atoms with E-state index in [2.05, 4.69) is 14.5 Å². The van der Waals surface area contributed by atoms with Crippen molar-refractivity contribution >= 4 is 17.3 Å². The van der Waals surface area contributed by atoms with Crippen LogP contribution < -0.4 is 5.73 Å². The molecule has 0 spiro atoms. The third-order valence-corrected chi connectivity index (χ3v) is 3.71. The van der Waals surface area contributed by atoms with E-state index >= 15 is 0 Å². The maximum absolute atomic E-state index is 6.20. The van der Waals surface area contributed by atoms with Gasteiger partial charge in [-0.1, -0.05) is 17.7 Å². The van der Waals surface area contributed by atoms with Crippen LogP contribution in [0.25, 0.3) is 0 Å². The minimum atomic E-state index is 0.740. The molecule has 1 aromatic carbocycles. The lowest BCUT2D eigenvalue weighted by molar-refractivity contribution is 0.209. The molecule has 1 aromatic heterocycles. The summed E-state index contributed by atoms with van der Waals surface area (Å²) in [4.78, 5) is 6.67. The fourth-order valence-electron chi connectivity index (χ4n) is 2.32. The molecule has 2 heterocycles. The molecular weight excluding hydrogens is 248 g/mol. The highest BCUT2D eigenvalue weighted by atomic mass is 35.5. The molecule has 0 aliphatic carbocycles. The van der Waals surface area contributed by atoms with Crippen molar-refractivity contribution in [1.29, 1.82) is 0 Å². The Morgan fingerprint density at radius 2 is 2.22 bits per heavy atom. The molecule has 0 radical (unpaired) electrons. The third kappa shape index (κ3) is 2.09. The Hall–Kier alpha value is -1.52. The Morgan fingerprint density at radius 1 is 1.33 bits per heavy atom. The molecule has 1 aliphatic heterocycles. The van der Waals surface area contributed by atoms with Gasteiger partial charge in [0.15, 0.2) is 0 Å². The van der Waals surface area contributed by atoms with E-state index in [1.807, 2.05) is 30.6 Å². The standard InChI is InChI=1S/C13H15ClN4/c14-11-2-1-3-12(15)10(11)8-17-6-7-18-5-4-16-13(18)9-17/h1-5H,6-9,15H2. The van der Waals surface area contributed by atoms with Gasteiger partial charge in [0.2, 0.25) is 0 Å². The Balaban J connectivity index is 1.79. The zero-order valence-electron chi connectivity index (χ0n) is 10.0. The van der Waals surface area contributed by atoms with Crippen LogP contribution in [0.5, 0.6) is 0 Å². The summed E-state index contributed by atoms with van der Waals surface area (Å²) in [5.74, 6) is 1.10. The first-order valence-corrected chi connectivity index (χ1v) is 6.37. The quantitative estimate of drug-likeness (QED) is 0.844. The summed E-state index contributed by atoms with van der Waals surface area (Å²) in [6.45, 7) is 3.59. The summed E-state index contributed by atoms with van der Waals surface area (Å²) in [5.41, 5.74) is 7.75. The number of nitrogens with two attached hydrogens (primary N) is 1. The summed E-state index contributed by atoms with van der Waals surface area (Å²) in [6, 6.07) is 5.66. The third-order valence-electron chi connectivity index (χ3n) is 3.36. The second kappa shape index (κ2) is 4.63. The van der Waals surface area contributed by atoms with E-state index in [9.17, 15) is 0 Å². The summed E-state index contributed by atoms with van der Waals surface area (Å²) in [7, 11) is 0. The average molecular weight is 263 g/mol. The lowest BCUT2D eigenvalue weighted by Crippen LogP contribution is -2.33. The number of aromatic nitrogens is 2. The molecule has 4 nitrogen and oxygen atoms in total. The molecule has 0 saturated carbocycles. The number of halogens is 1. The number of imidazole rings is 1. The van der Waals surface area contributed by atoms with Crippen LogP contribution in [0.3, 0.4) is 0 Å². The topological polar surface area (TPSA) is 47.1 Å². The number of anilines is 1. The normalized spacial score (nSPS) is 15.6. The van der Waals surface area contributed by atoms with E-state index in [0.717, 1.165) is 48.3 Å². The van der Waals surface area contributed by atoms with E-state index in [0.29, 0.717) is 0 Å². The number of benzene rings is 1. The lowest BCUT2D eigenvalue weighted by Gasteiger charge is -2.28. The van der Waals surface area contributed by atoms with Gasteiger partial charge in [0.05, 0.1) is 6.54 Å². The predicted octanol–water partition coefficient (Wildman–Crippen LogP) is 2.13. The SMILES string of the molecule is Nc1cccc(Cl)c1CN1CCn2ccnc2C1. The smallest absolute Gasteiger partial charge is 0.122 e. The van der Waals surface area contributed by atoms with Crippen molar-refractivity contribution in [2.45, 2.75) is 19.6 Å². The Labute approximate surface area is 111 Å². The van der Waals surface area contributed by atoms with Crippen molar-refractivity contribution in [3.8, 4) is 0 Å². The molecule has 0 fully saturated rings. The van der Waals surface area contributed by atoms with Gasteiger partial charge in [0.25, 0.3) is 0 Å². The monoisotopic (exact) mass is 262 g/mol. The first-order chi connectivity index (χ1) is 8.74. The summed E-state index contributed by atoms with van der Waals surface area (Å²) in [6.07, 6.45) is 3.87. The van der Waals surface area contributed by atoms with Crippen molar-refractivity contribution in [3.63, 3.8) is 0 Å². The van der Waals surface area contributed by atoms with Crippen LogP contribution in [0, 0.1) is 0 Å². The predicted molar refractivity (Wildman–Crippen MR) is 72.2 cm³/mol. The maximum Gasteiger partial charge on any atom is 0.122 e.